The molecule has 0 amide bonds. The summed E-state index contributed by atoms with van der Waals surface area (Å²) in [4.78, 5) is 0. The SMILES string of the molecule is Cc1ccc(F)c(C2(O)CC3CCC(C2)N3)c1F. The minimum Gasteiger partial charge on any atom is -0.385 e. The van der Waals surface area contributed by atoms with Gasteiger partial charge in [0.2, 0.25) is 0 Å². The first kappa shape index (κ1) is 12.1. The second-order valence-corrected chi connectivity index (χ2v) is 5.63. The van der Waals surface area contributed by atoms with Crippen LogP contribution in [0.25, 0.3) is 0 Å². The summed E-state index contributed by atoms with van der Waals surface area (Å²) >= 11 is 0. The third-order valence-electron chi connectivity index (χ3n) is 4.25. The standard InChI is InChI=1S/C14H17F2NO/c1-8-2-5-11(15)12(13(8)16)14(18)6-9-3-4-10(7-14)17-9/h2,5,9-10,17-18H,3-4,6-7H2,1H3. The molecule has 0 aromatic heterocycles. The van der Waals surface area contributed by atoms with Crippen molar-refractivity contribution in [2.75, 3.05) is 0 Å². The lowest BCUT2D eigenvalue weighted by atomic mass is 9.80. The average Bonchev–Trinajstić information content (AvgIpc) is 2.64. The Balaban J connectivity index is 2.06. The number of nitrogens with one attached hydrogen (secondary N) is 1. The van der Waals surface area contributed by atoms with E-state index < -0.39 is 17.2 Å². The van der Waals surface area contributed by atoms with Gasteiger partial charge in [-0.15, -0.1) is 0 Å². The predicted molar refractivity (Wildman–Crippen MR) is 64.2 cm³/mol. The molecular weight excluding hydrogens is 236 g/mol. The third-order valence-corrected chi connectivity index (χ3v) is 4.25. The molecule has 18 heavy (non-hydrogen) atoms. The van der Waals surface area contributed by atoms with E-state index in [4.69, 9.17) is 0 Å². The van der Waals surface area contributed by atoms with Gasteiger partial charge in [-0.05, 0) is 44.2 Å². The van der Waals surface area contributed by atoms with E-state index in [0.717, 1.165) is 12.8 Å². The number of fused-ring (bicyclic) bond motifs is 2. The van der Waals surface area contributed by atoms with E-state index in [9.17, 15) is 13.9 Å². The summed E-state index contributed by atoms with van der Waals surface area (Å²) in [6, 6.07) is 3.00. The van der Waals surface area contributed by atoms with Crippen molar-refractivity contribution < 1.29 is 13.9 Å². The van der Waals surface area contributed by atoms with Crippen molar-refractivity contribution in [3.8, 4) is 0 Å². The van der Waals surface area contributed by atoms with E-state index in [1.807, 2.05) is 0 Å². The molecule has 2 aliphatic heterocycles. The summed E-state index contributed by atoms with van der Waals surface area (Å²) in [7, 11) is 0. The van der Waals surface area contributed by atoms with Crippen LogP contribution in [0.2, 0.25) is 0 Å². The highest BCUT2D eigenvalue weighted by atomic mass is 19.1. The molecule has 3 rings (SSSR count). The molecule has 0 spiro atoms. The molecule has 0 radical (unpaired) electrons. The van der Waals surface area contributed by atoms with Crippen LogP contribution in [0.5, 0.6) is 0 Å². The number of hydrogen-bond donors (Lipinski definition) is 2. The predicted octanol–water partition coefficient (Wildman–Crippen LogP) is 2.38. The molecule has 2 fully saturated rings. The summed E-state index contributed by atoms with van der Waals surface area (Å²) in [5.41, 5.74) is -1.12. The summed E-state index contributed by atoms with van der Waals surface area (Å²) < 4.78 is 28.1. The maximum atomic E-state index is 14.1. The van der Waals surface area contributed by atoms with E-state index >= 15 is 0 Å². The molecule has 2 atom stereocenters. The molecule has 98 valence electrons. The summed E-state index contributed by atoms with van der Waals surface area (Å²) in [5.74, 6) is -1.24. The number of aryl methyl sites for hydroxylation is 1. The van der Waals surface area contributed by atoms with Crippen LogP contribution in [0.4, 0.5) is 8.78 Å². The van der Waals surface area contributed by atoms with E-state index in [1.54, 1.807) is 6.92 Å². The molecule has 2 nitrogen and oxygen atoms in total. The number of aliphatic hydroxyl groups is 1. The normalized spacial score (nSPS) is 34.9. The molecule has 1 aromatic rings. The van der Waals surface area contributed by atoms with Crippen LogP contribution in [0.3, 0.4) is 0 Å². The van der Waals surface area contributed by atoms with Gasteiger partial charge in [0, 0.05) is 12.1 Å². The van der Waals surface area contributed by atoms with E-state index in [0.29, 0.717) is 18.4 Å². The topological polar surface area (TPSA) is 32.3 Å². The summed E-state index contributed by atoms with van der Waals surface area (Å²) in [6.45, 7) is 1.59. The number of piperidine rings is 1. The molecule has 0 saturated carbocycles. The summed E-state index contributed by atoms with van der Waals surface area (Å²) in [6.07, 6.45) is 2.73. The van der Waals surface area contributed by atoms with Gasteiger partial charge < -0.3 is 10.4 Å². The monoisotopic (exact) mass is 253 g/mol. The van der Waals surface area contributed by atoms with Crippen LogP contribution in [0, 0.1) is 18.6 Å². The first-order valence-corrected chi connectivity index (χ1v) is 6.43. The van der Waals surface area contributed by atoms with Crippen molar-refractivity contribution in [2.45, 2.75) is 50.3 Å². The maximum absolute atomic E-state index is 14.1. The van der Waals surface area contributed by atoms with Gasteiger partial charge in [0.05, 0.1) is 11.2 Å². The Morgan fingerprint density at radius 2 is 1.83 bits per heavy atom. The van der Waals surface area contributed by atoms with E-state index in [-0.39, 0.29) is 17.6 Å². The first-order chi connectivity index (χ1) is 8.49. The zero-order chi connectivity index (χ0) is 12.9. The zero-order valence-corrected chi connectivity index (χ0v) is 10.3. The smallest absolute Gasteiger partial charge is 0.135 e. The van der Waals surface area contributed by atoms with Gasteiger partial charge in [-0.3, -0.25) is 0 Å². The second-order valence-electron chi connectivity index (χ2n) is 5.63. The first-order valence-electron chi connectivity index (χ1n) is 6.43. The lowest BCUT2D eigenvalue weighted by Gasteiger charge is -2.38. The van der Waals surface area contributed by atoms with Crippen molar-refractivity contribution in [1.29, 1.82) is 0 Å². The van der Waals surface area contributed by atoms with Crippen LogP contribution in [-0.4, -0.2) is 17.2 Å². The number of halogens is 2. The van der Waals surface area contributed by atoms with Gasteiger partial charge in [-0.1, -0.05) is 6.07 Å². The minimum atomic E-state index is -1.36. The minimum absolute atomic E-state index is 0.138. The fourth-order valence-corrected chi connectivity index (χ4v) is 3.41. The fraction of sp³-hybridized carbons (Fsp3) is 0.571. The number of benzene rings is 1. The van der Waals surface area contributed by atoms with Crippen LogP contribution < -0.4 is 5.32 Å². The largest absolute Gasteiger partial charge is 0.385 e. The summed E-state index contributed by atoms with van der Waals surface area (Å²) in [5, 5.41) is 14.1. The van der Waals surface area contributed by atoms with Crippen LogP contribution >= 0.6 is 0 Å². The molecule has 2 heterocycles. The van der Waals surface area contributed by atoms with Crippen LogP contribution in [0.15, 0.2) is 12.1 Å². The second kappa shape index (κ2) is 4.00. The maximum Gasteiger partial charge on any atom is 0.135 e. The Labute approximate surface area is 105 Å². The molecule has 2 aliphatic rings. The van der Waals surface area contributed by atoms with Crippen molar-refractivity contribution >= 4 is 0 Å². The molecule has 4 heteroatoms. The van der Waals surface area contributed by atoms with Gasteiger partial charge in [-0.25, -0.2) is 8.78 Å². The molecule has 0 aliphatic carbocycles. The number of rotatable bonds is 1. The Morgan fingerprint density at radius 1 is 1.22 bits per heavy atom. The highest BCUT2D eigenvalue weighted by Crippen LogP contribution is 2.42. The number of hydrogen-bond acceptors (Lipinski definition) is 2. The fourth-order valence-electron chi connectivity index (χ4n) is 3.41. The molecule has 2 bridgehead atoms. The molecule has 2 unspecified atom stereocenters. The lowest BCUT2D eigenvalue weighted by molar-refractivity contribution is -0.0175. The van der Waals surface area contributed by atoms with Gasteiger partial charge in [0.1, 0.15) is 11.6 Å². The van der Waals surface area contributed by atoms with E-state index in [1.165, 1.54) is 12.1 Å². The van der Waals surface area contributed by atoms with Crippen LogP contribution in [-0.2, 0) is 5.60 Å². The molecule has 1 aromatic carbocycles. The Kier molecular flexibility index (Phi) is 2.68. The lowest BCUT2D eigenvalue weighted by Crippen LogP contribution is -2.47. The van der Waals surface area contributed by atoms with Crippen molar-refractivity contribution in [2.24, 2.45) is 0 Å². The molecular formula is C14H17F2NO. The third kappa shape index (κ3) is 1.75. The molecule has 2 N–H and O–H groups in total. The highest BCUT2D eigenvalue weighted by Gasteiger charge is 2.46. The van der Waals surface area contributed by atoms with Crippen LogP contribution in [0.1, 0.15) is 36.8 Å². The van der Waals surface area contributed by atoms with Crippen molar-refractivity contribution in [1.82, 2.24) is 5.32 Å². The van der Waals surface area contributed by atoms with E-state index in [2.05, 4.69) is 5.32 Å². The van der Waals surface area contributed by atoms with Crippen molar-refractivity contribution in [3.63, 3.8) is 0 Å². The Hall–Kier alpha value is -1.00. The van der Waals surface area contributed by atoms with Gasteiger partial charge >= 0.3 is 0 Å². The van der Waals surface area contributed by atoms with Crippen molar-refractivity contribution in [3.05, 3.63) is 34.9 Å². The molecule has 2 saturated heterocycles. The Bertz CT molecular complexity index is 477. The highest BCUT2D eigenvalue weighted by molar-refractivity contribution is 5.32. The Morgan fingerprint density at radius 3 is 2.44 bits per heavy atom. The van der Waals surface area contributed by atoms with Gasteiger partial charge in [-0.2, -0.15) is 0 Å². The zero-order valence-electron chi connectivity index (χ0n) is 10.3. The van der Waals surface area contributed by atoms with Gasteiger partial charge in [0.25, 0.3) is 0 Å². The quantitative estimate of drug-likeness (QED) is 0.805. The average molecular weight is 253 g/mol. The van der Waals surface area contributed by atoms with Gasteiger partial charge in [0.15, 0.2) is 0 Å².